The fourth-order valence-corrected chi connectivity index (χ4v) is 4.00. The van der Waals surface area contributed by atoms with E-state index in [0.717, 1.165) is 33.4 Å². The molecule has 0 aliphatic heterocycles. The van der Waals surface area contributed by atoms with Gasteiger partial charge in [0.15, 0.2) is 0 Å². The van der Waals surface area contributed by atoms with Crippen molar-refractivity contribution in [3.05, 3.63) is 88.0 Å². The summed E-state index contributed by atoms with van der Waals surface area (Å²) in [6, 6.07) is 17.0. The molecule has 3 aromatic carbocycles. The van der Waals surface area contributed by atoms with Crippen LogP contribution in [0.1, 0.15) is 46.2 Å². The molecule has 0 aliphatic rings. The Bertz CT molecular complexity index is 1230. The molecule has 188 valence electrons. The van der Waals surface area contributed by atoms with Gasteiger partial charge in [-0.2, -0.15) is 0 Å². The lowest BCUT2D eigenvalue weighted by molar-refractivity contribution is -0.127. The topological polar surface area (TPSA) is 87.3 Å². The highest BCUT2D eigenvalue weighted by atomic mass is 16.2. The van der Waals surface area contributed by atoms with Gasteiger partial charge in [-0.1, -0.05) is 36.4 Å². The molecule has 3 aromatic rings. The van der Waals surface area contributed by atoms with Gasteiger partial charge in [0.2, 0.25) is 17.7 Å². The van der Waals surface area contributed by atoms with Gasteiger partial charge < -0.3 is 16.0 Å². The summed E-state index contributed by atoms with van der Waals surface area (Å²) >= 11 is 0. The molecule has 6 nitrogen and oxygen atoms in total. The number of carbonyl (C=O) groups excluding carboxylic acids is 3. The Balaban J connectivity index is 1.79. The van der Waals surface area contributed by atoms with Crippen LogP contribution in [0.5, 0.6) is 0 Å². The normalized spacial score (nSPS) is 10.8. The molecule has 3 N–H and O–H groups in total. The van der Waals surface area contributed by atoms with E-state index in [4.69, 9.17) is 0 Å². The molecule has 36 heavy (non-hydrogen) atoms. The van der Waals surface area contributed by atoms with Crippen LogP contribution in [0.2, 0.25) is 0 Å². The molecule has 0 spiro atoms. The van der Waals surface area contributed by atoms with Gasteiger partial charge in [0, 0.05) is 29.9 Å². The van der Waals surface area contributed by atoms with Gasteiger partial charge in [-0.25, -0.2) is 0 Å². The van der Waals surface area contributed by atoms with Crippen LogP contribution in [0.4, 0.5) is 17.1 Å². The molecule has 6 heteroatoms. The molecule has 0 saturated heterocycles. The maximum atomic E-state index is 13.3. The minimum absolute atomic E-state index is 0.121. The summed E-state index contributed by atoms with van der Waals surface area (Å²) in [6.45, 7) is 11.7. The second-order valence-corrected chi connectivity index (χ2v) is 9.43. The van der Waals surface area contributed by atoms with Crippen molar-refractivity contribution in [1.29, 1.82) is 0 Å². The lowest BCUT2D eigenvalue weighted by Gasteiger charge is -2.19. The monoisotopic (exact) mass is 485 g/mol. The summed E-state index contributed by atoms with van der Waals surface area (Å²) in [7, 11) is 0. The fourth-order valence-electron chi connectivity index (χ4n) is 4.00. The van der Waals surface area contributed by atoms with Crippen molar-refractivity contribution in [3.8, 4) is 0 Å². The zero-order valence-electron chi connectivity index (χ0n) is 21.9. The smallest absolute Gasteiger partial charge is 0.228 e. The molecule has 0 aliphatic carbocycles. The number of amides is 3. The first-order chi connectivity index (χ1) is 17.1. The minimum Gasteiger partial charge on any atom is -0.326 e. The van der Waals surface area contributed by atoms with Crippen LogP contribution < -0.4 is 16.0 Å². The number of carbonyl (C=O) groups is 3. The van der Waals surface area contributed by atoms with Gasteiger partial charge >= 0.3 is 0 Å². The van der Waals surface area contributed by atoms with E-state index in [0.29, 0.717) is 17.1 Å². The van der Waals surface area contributed by atoms with Crippen molar-refractivity contribution < 1.29 is 14.4 Å². The number of rotatable bonds is 8. The van der Waals surface area contributed by atoms with Gasteiger partial charge in [0.25, 0.3) is 0 Å². The average molecular weight is 486 g/mol. The minimum atomic E-state index is -0.847. The van der Waals surface area contributed by atoms with E-state index >= 15 is 0 Å². The van der Waals surface area contributed by atoms with Crippen LogP contribution in [0.15, 0.2) is 54.6 Å². The predicted molar refractivity (Wildman–Crippen MR) is 146 cm³/mol. The molecular formula is C30H35N3O3. The standard InChI is InChI=1S/C30H35N3O3/c1-18-10-7-13-25(21(18)4)31-28(34)16-24(30(36)33-27-15-9-12-20(3)23(27)6)17-29(35)32-26-14-8-11-19(2)22(26)5/h7-15,24H,16-17H2,1-6H3,(H,31,34)(H,32,35)(H,33,36). The van der Waals surface area contributed by atoms with E-state index in [2.05, 4.69) is 16.0 Å². The maximum Gasteiger partial charge on any atom is 0.228 e. The van der Waals surface area contributed by atoms with E-state index in [1.54, 1.807) is 0 Å². The second-order valence-electron chi connectivity index (χ2n) is 9.43. The Morgan fingerprint density at radius 2 is 0.889 bits per heavy atom. The van der Waals surface area contributed by atoms with Crippen LogP contribution in [0.3, 0.4) is 0 Å². The summed E-state index contributed by atoms with van der Waals surface area (Å²) in [5.41, 5.74) is 8.13. The Kier molecular flexibility index (Phi) is 8.64. The molecule has 0 unspecified atom stereocenters. The number of nitrogens with one attached hydrogen (secondary N) is 3. The molecule has 0 fully saturated rings. The molecule has 0 atom stereocenters. The van der Waals surface area contributed by atoms with Crippen molar-refractivity contribution in [1.82, 2.24) is 0 Å². The SMILES string of the molecule is Cc1cccc(NC(=O)CC(CC(=O)Nc2cccc(C)c2C)C(=O)Nc2cccc(C)c2C)c1C. The average Bonchev–Trinajstić information content (AvgIpc) is 2.82. The Labute approximate surface area is 213 Å². The fraction of sp³-hybridized carbons (Fsp3) is 0.300. The van der Waals surface area contributed by atoms with Crippen molar-refractivity contribution >= 4 is 34.8 Å². The quantitative estimate of drug-likeness (QED) is 0.358. The lowest BCUT2D eigenvalue weighted by Crippen LogP contribution is -2.31. The van der Waals surface area contributed by atoms with Gasteiger partial charge in [0.05, 0.1) is 5.92 Å². The number of hydrogen-bond donors (Lipinski definition) is 3. The summed E-state index contributed by atoms with van der Waals surface area (Å²) in [5, 5.41) is 8.75. The largest absolute Gasteiger partial charge is 0.326 e. The summed E-state index contributed by atoms with van der Waals surface area (Å²) in [5.74, 6) is -1.84. The third kappa shape index (κ3) is 6.60. The zero-order chi connectivity index (χ0) is 26.4. The van der Waals surface area contributed by atoms with Gasteiger partial charge in [-0.15, -0.1) is 0 Å². The van der Waals surface area contributed by atoms with E-state index in [-0.39, 0.29) is 30.6 Å². The van der Waals surface area contributed by atoms with Crippen LogP contribution >= 0.6 is 0 Å². The Hall–Kier alpha value is -3.93. The van der Waals surface area contributed by atoms with Crippen LogP contribution in [0, 0.1) is 47.5 Å². The first-order valence-corrected chi connectivity index (χ1v) is 12.2. The van der Waals surface area contributed by atoms with Gasteiger partial charge in [0.1, 0.15) is 0 Å². The van der Waals surface area contributed by atoms with E-state index in [1.165, 1.54) is 0 Å². The van der Waals surface area contributed by atoms with E-state index in [9.17, 15) is 14.4 Å². The third-order valence-electron chi connectivity index (χ3n) is 6.85. The summed E-state index contributed by atoms with van der Waals surface area (Å²) < 4.78 is 0. The van der Waals surface area contributed by atoms with Crippen molar-refractivity contribution in [2.45, 2.75) is 54.4 Å². The second kappa shape index (κ2) is 11.7. The molecule has 3 amide bonds. The highest BCUT2D eigenvalue weighted by Gasteiger charge is 2.26. The summed E-state index contributed by atoms with van der Waals surface area (Å²) in [6.07, 6.45) is -0.241. The molecule has 0 bridgehead atoms. The van der Waals surface area contributed by atoms with Crippen molar-refractivity contribution in [3.63, 3.8) is 0 Å². The van der Waals surface area contributed by atoms with E-state index in [1.807, 2.05) is 96.1 Å². The molecular weight excluding hydrogens is 450 g/mol. The first-order valence-electron chi connectivity index (χ1n) is 12.2. The first kappa shape index (κ1) is 26.7. The number of hydrogen-bond acceptors (Lipinski definition) is 3. The molecule has 0 aromatic heterocycles. The zero-order valence-corrected chi connectivity index (χ0v) is 21.9. The maximum absolute atomic E-state index is 13.3. The number of benzene rings is 3. The van der Waals surface area contributed by atoms with Gasteiger partial charge in [-0.3, -0.25) is 14.4 Å². The number of aryl methyl sites for hydroxylation is 3. The lowest BCUT2D eigenvalue weighted by atomic mass is 9.97. The van der Waals surface area contributed by atoms with Gasteiger partial charge in [-0.05, 0) is 93.1 Å². The number of anilines is 3. The van der Waals surface area contributed by atoms with Crippen molar-refractivity contribution in [2.24, 2.45) is 5.92 Å². The van der Waals surface area contributed by atoms with Crippen LogP contribution in [-0.2, 0) is 14.4 Å². The molecule has 0 saturated carbocycles. The van der Waals surface area contributed by atoms with Crippen LogP contribution in [0.25, 0.3) is 0 Å². The molecule has 0 radical (unpaired) electrons. The van der Waals surface area contributed by atoms with Crippen LogP contribution in [-0.4, -0.2) is 17.7 Å². The third-order valence-corrected chi connectivity index (χ3v) is 6.85. The van der Waals surface area contributed by atoms with E-state index < -0.39 is 5.92 Å². The van der Waals surface area contributed by atoms with Crippen molar-refractivity contribution in [2.75, 3.05) is 16.0 Å². The predicted octanol–water partition coefficient (Wildman–Crippen LogP) is 6.15. The highest BCUT2D eigenvalue weighted by Crippen LogP contribution is 2.24. The Morgan fingerprint density at radius 3 is 1.25 bits per heavy atom. The molecule has 0 heterocycles. The Morgan fingerprint density at radius 1 is 0.556 bits per heavy atom. The molecule has 3 rings (SSSR count). The summed E-state index contributed by atoms with van der Waals surface area (Å²) in [4.78, 5) is 39.3. The highest BCUT2D eigenvalue weighted by molar-refractivity contribution is 6.02.